The average molecular weight is 213 g/mol. The van der Waals surface area contributed by atoms with Crippen molar-refractivity contribution in [2.75, 3.05) is 11.9 Å². The Morgan fingerprint density at radius 3 is 3.00 bits per heavy atom. The second-order valence-electron chi connectivity index (χ2n) is 3.18. The van der Waals surface area contributed by atoms with Crippen molar-refractivity contribution >= 4 is 23.1 Å². The van der Waals surface area contributed by atoms with Crippen LogP contribution in [0.5, 0.6) is 0 Å². The van der Waals surface area contributed by atoms with Crippen molar-refractivity contribution in [3.8, 4) is 0 Å². The number of halogens is 2. The maximum atomic E-state index is 13.2. The predicted molar refractivity (Wildman–Crippen MR) is 56.6 cm³/mol. The van der Waals surface area contributed by atoms with Gasteiger partial charge in [0.15, 0.2) is 0 Å². The quantitative estimate of drug-likeness (QED) is 0.760. The molecule has 0 spiro atoms. The fourth-order valence-corrected chi connectivity index (χ4v) is 1.56. The van der Waals surface area contributed by atoms with Crippen molar-refractivity contribution in [2.24, 2.45) is 4.99 Å². The highest BCUT2D eigenvalue weighted by molar-refractivity contribution is 6.30. The first-order chi connectivity index (χ1) is 6.75. The SMILES string of the molecule is Fc1ccc(Cl)cc1NC1=NCCC1. The molecule has 0 unspecified atom stereocenters. The van der Waals surface area contributed by atoms with E-state index in [1.807, 2.05) is 0 Å². The number of benzene rings is 1. The van der Waals surface area contributed by atoms with Crippen LogP contribution in [-0.2, 0) is 0 Å². The minimum absolute atomic E-state index is 0.302. The number of aliphatic imine (C=N–C) groups is 1. The molecule has 4 heteroatoms. The first-order valence-electron chi connectivity index (χ1n) is 4.51. The van der Waals surface area contributed by atoms with Crippen LogP contribution in [0.15, 0.2) is 23.2 Å². The molecule has 2 nitrogen and oxygen atoms in total. The van der Waals surface area contributed by atoms with Gasteiger partial charge in [-0.05, 0) is 24.6 Å². The van der Waals surface area contributed by atoms with Gasteiger partial charge in [0.2, 0.25) is 0 Å². The summed E-state index contributed by atoms with van der Waals surface area (Å²) in [5.41, 5.74) is 0.401. The van der Waals surface area contributed by atoms with Crippen LogP contribution in [0, 0.1) is 5.82 Å². The molecule has 1 aliphatic rings. The van der Waals surface area contributed by atoms with E-state index in [0.29, 0.717) is 10.7 Å². The van der Waals surface area contributed by atoms with E-state index < -0.39 is 0 Å². The molecule has 74 valence electrons. The smallest absolute Gasteiger partial charge is 0.146 e. The maximum absolute atomic E-state index is 13.2. The molecule has 2 rings (SSSR count). The molecule has 1 heterocycles. The van der Waals surface area contributed by atoms with E-state index >= 15 is 0 Å². The first kappa shape index (κ1) is 9.46. The highest BCUT2D eigenvalue weighted by atomic mass is 35.5. The zero-order valence-electron chi connectivity index (χ0n) is 7.56. The Morgan fingerprint density at radius 2 is 2.29 bits per heavy atom. The molecule has 0 radical (unpaired) electrons. The molecule has 1 aromatic carbocycles. The van der Waals surface area contributed by atoms with Crippen molar-refractivity contribution in [1.29, 1.82) is 0 Å². The van der Waals surface area contributed by atoms with E-state index in [1.54, 1.807) is 6.07 Å². The third-order valence-electron chi connectivity index (χ3n) is 2.08. The van der Waals surface area contributed by atoms with E-state index in [0.717, 1.165) is 25.2 Å². The Kier molecular flexibility index (Phi) is 2.68. The van der Waals surface area contributed by atoms with Crippen molar-refractivity contribution in [1.82, 2.24) is 0 Å². The molecule has 14 heavy (non-hydrogen) atoms. The summed E-state index contributed by atoms with van der Waals surface area (Å²) in [5.74, 6) is 0.537. The molecule has 0 atom stereocenters. The van der Waals surface area contributed by atoms with Gasteiger partial charge in [0, 0.05) is 18.0 Å². The van der Waals surface area contributed by atoms with Crippen LogP contribution in [0.3, 0.4) is 0 Å². The van der Waals surface area contributed by atoms with E-state index in [1.165, 1.54) is 12.1 Å². The third-order valence-corrected chi connectivity index (χ3v) is 2.32. The van der Waals surface area contributed by atoms with E-state index in [2.05, 4.69) is 10.3 Å². The van der Waals surface area contributed by atoms with Gasteiger partial charge >= 0.3 is 0 Å². The number of amidine groups is 1. The summed E-state index contributed by atoms with van der Waals surface area (Å²) in [4.78, 5) is 4.20. The zero-order valence-corrected chi connectivity index (χ0v) is 8.31. The minimum Gasteiger partial charge on any atom is -0.342 e. The Balaban J connectivity index is 2.19. The second kappa shape index (κ2) is 3.96. The normalized spacial score (nSPS) is 15.4. The van der Waals surface area contributed by atoms with Crippen LogP contribution in [0.2, 0.25) is 5.02 Å². The van der Waals surface area contributed by atoms with Crippen LogP contribution < -0.4 is 5.32 Å². The highest BCUT2D eigenvalue weighted by Crippen LogP contribution is 2.20. The molecule has 0 aromatic heterocycles. The second-order valence-corrected chi connectivity index (χ2v) is 3.62. The lowest BCUT2D eigenvalue weighted by atomic mass is 10.3. The van der Waals surface area contributed by atoms with E-state index in [4.69, 9.17) is 11.6 Å². The Morgan fingerprint density at radius 1 is 1.43 bits per heavy atom. The lowest BCUT2D eigenvalue weighted by molar-refractivity contribution is 0.632. The van der Waals surface area contributed by atoms with Gasteiger partial charge in [-0.1, -0.05) is 11.6 Å². The zero-order chi connectivity index (χ0) is 9.97. The summed E-state index contributed by atoms with van der Waals surface area (Å²) in [7, 11) is 0. The lowest BCUT2D eigenvalue weighted by Gasteiger charge is -2.06. The predicted octanol–water partition coefficient (Wildman–Crippen LogP) is 3.08. The molecule has 0 fully saturated rings. The van der Waals surface area contributed by atoms with Crippen LogP contribution >= 0.6 is 11.6 Å². The number of hydrogen-bond donors (Lipinski definition) is 1. The average Bonchev–Trinajstić information content (AvgIpc) is 2.64. The number of nitrogens with zero attached hydrogens (tertiary/aromatic N) is 1. The van der Waals surface area contributed by atoms with Gasteiger partial charge in [-0.15, -0.1) is 0 Å². The Hall–Kier alpha value is -1.09. The number of rotatable bonds is 1. The molecule has 1 aliphatic heterocycles. The van der Waals surface area contributed by atoms with Gasteiger partial charge < -0.3 is 5.32 Å². The third kappa shape index (κ3) is 2.04. The van der Waals surface area contributed by atoms with Crippen LogP contribution in [0.25, 0.3) is 0 Å². The van der Waals surface area contributed by atoms with Crippen molar-refractivity contribution in [2.45, 2.75) is 12.8 Å². The Bertz CT molecular complexity index is 376. The molecule has 0 saturated carbocycles. The maximum Gasteiger partial charge on any atom is 0.146 e. The molecule has 0 amide bonds. The van der Waals surface area contributed by atoms with Gasteiger partial charge in [-0.3, -0.25) is 4.99 Å². The summed E-state index contributed by atoms with van der Waals surface area (Å²) in [6.07, 6.45) is 1.91. The molecule has 0 bridgehead atoms. The monoisotopic (exact) mass is 212 g/mol. The number of anilines is 1. The fourth-order valence-electron chi connectivity index (χ4n) is 1.39. The Labute approximate surface area is 86.8 Å². The topological polar surface area (TPSA) is 24.4 Å². The molecular weight excluding hydrogens is 203 g/mol. The van der Waals surface area contributed by atoms with Crippen LogP contribution in [0.4, 0.5) is 10.1 Å². The summed E-state index contributed by atoms with van der Waals surface area (Å²) >= 11 is 5.76. The summed E-state index contributed by atoms with van der Waals surface area (Å²) < 4.78 is 13.2. The van der Waals surface area contributed by atoms with Crippen LogP contribution in [0.1, 0.15) is 12.8 Å². The molecule has 0 aliphatic carbocycles. The fraction of sp³-hybridized carbons (Fsp3) is 0.300. The number of nitrogens with one attached hydrogen (secondary N) is 1. The van der Waals surface area contributed by atoms with E-state index in [9.17, 15) is 4.39 Å². The number of hydrogen-bond acceptors (Lipinski definition) is 2. The summed E-state index contributed by atoms with van der Waals surface area (Å²) in [6, 6.07) is 4.44. The summed E-state index contributed by atoms with van der Waals surface area (Å²) in [6.45, 7) is 0.824. The molecule has 0 saturated heterocycles. The van der Waals surface area contributed by atoms with Gasteiger partial charge in [0.25, 0.3) is 0 Å². The molecule has 1 N–H and O–H groups in total. The largest absolute Gasteiger partial charge is 0.342 e. The van der Waals surface area contributed by atoms with Crippen molar-refractivity contribution in [3.05, 3.63) is 29.0 Å². The highest BCUT2D eigenvalue weighted by Gasteiger charge is 2.09. The van der Waals surface area contributed by atoms with Crippen molar-refractivity contribution in [3.63, 3.8) is 0 Å². The van der Waals surface area contributed by atoms with Gasteiger partial charge in [0.1, 0.15) is 11.7 Å². The van der Waals surface area contributed by atoms with E-state index in [-0.39, 0.29) is 5.82 Å². The van der Waals surface area contributed by atoms with Crippen molar-refractivity contribution < 1.29 is 4.39 Å². The minimum atomic E-state index is -0.302. The van der Waals surface area contributed by atoms with Gasteiger partial charge in [-0.2, -0.15) is 0 Å². The van der Waals surface area contributed by atoms with Crippen LogP contribution in [-0.4, -0.2) is 12.4 Å². The molecular formula is C10H10ClFN2. The first-order valence-corrected chi connectivity index (χ1v) is 4.89. The molecule has 1 aromatic rings. The van der Waals surface area contributed by atoms with Gasteiger partial charge in [-0.25, -0.2) is 4.39 Å². The standard InChI is InChI=1S/C10H10ClFN2/c11-7-3-4-8(12)9(6-7)14-10-2-1-5-13-10/h3-4,6H,1-2,5H2,(H,13,14). The lowest BCUT2D eigenvalue weighted by Crippen LogP contribution is -2.09. The van der Waals surface area contributed by atoms with Gasteiger partial charge in [0.05, 0.1) is 5.69 Å². The summed E-state index contributed by atoms with van der Waals surface area (Å²) in [5, 5.41) is 3.46.